The predicted octanol–water partition coefficient (Wildman–Crippen LogP) is 2.83. The highest BCUT2D eigenvalue weighted by Gasteiger charge is 2.23. The molecule has 0 saturated carbocycles. The van der Waals surface area contributed by atoms with Crippen LogP contribution >= 0.6 is 0 Å². The van der Waals surface area contributed by atoms with E-state index in [-0.39, 0.29) is 23.7 Å². The van der Waals surface area contributed by atoms with Crippen LogP contribution in [-0.4, -0.2) is 49.6 Å². The molecule has 2 aromatic rings. The molecule has 2 aliphatic heterocycles. The van der Waals surface area contributed by atoms with Gasteiger partial charge in [0.2, 0.25) is 11.8 Å². The number of fused-ring (bicyclic) bond motifs is 1. The third kappa shape index (κ3) is 5.68. The molecule has 2 N–H and O–H groups in total. The number of nitrogens with zero attached hydrogens (tertiary/aromatic N) is 1. The van der Waals surface area contributed by atoms with Crippen molar-refractivity contribution < 1.29 is 18.7 Å². The Morgan fingerprint density at radius 2 is 2.03 bits per heavy atom. The van der Waals surface area contributed by atoms with Crippen molar-refractivity contribution in [1.82, 2.24) is 10.2 Å². The van der Waals surface area contributed by atoms with Crippen molar-refractivity contribution in [2.45, 2.75) is 31.7 Å². The number of benzene rings is 2. The van der Waals surface area contributed by atoms with Crippen molar-refractivity contribution in [3.05, 3.63) is 65.0 Å². The number of carbonyl (C=O) groups excluding carboxylic acids is 2. The fraction of sp³-hybridized carbons (Fsp3) is 0.417. The molecule has 2 aromatic carbocycles. The van der Waals surface area contributed by atoms with Crippen molar-refractivity contribution in [2.24, 2.45) is 0 Å². The smallest absolute Gasteiger partial charge is 0.228 e. The second-order valence-corrected chi connectivity index (χ2v) is 8.09. The molecule has 31 heavy (non-hydrogen) atoms. The Labute approximate surface area is 181 Å². The van der Waals surface area contributed by atoms with Crippen molar-refractivity contribution in [3.63, 3.8) is 0 Å². The molecule has 0 radical (unpaired) electrons. The van der Waals surface area contributed by atoms with Crippen molar-refractivity contribution >= 4 is 17.5 Å². The van der Waals surface area contributed by atoms with Gasteiger partial charge in [0, 0.05) is 31.7 Å². The summed E-state index contributed by atoms with van der Waals surface area (Å²) in [7, 11) is 0. The highest BCUT2D eigenvalue weighted by Crippen LogP contribution is 2.25. The number of anilines is 1. The third-order valence-corrected chi connectivity index (χ3v) is 5.88. The zero-order chi connectivity index (χ0) is 21.6. The van der Waals surface area contributed by atoms with Crippen LogP contribution in [0, 0.1) is 5.82 Å². The van der Waals surface area contributed by atoms with Gasteiger partial charge >= 0.3 is 0 Å². The van der Waals surface area contributed by atoms with Gasteiger partial charge in [-0.05, 0) is 47.7 Å². The van der Waals surface area contributed by atoms with Crippen LogP contribution in [0.5, 0.6) is 0 Å². The lowest BCUT2D eigenvalue weighted by molar-refractivity contribution is -0.121. The van der Waals surface area contributed by atoms with Gasteiger partial charge in [0.15, 0.2) is 0 Å². The number of carbonyl (C=O) groups is 2. The Balaban J connectivity index is 1.28. The van der Waals surface area contributed by atoms with Gasteiger partial charge in [0.25, 0.3) is 0 Å². The SMILES string of the molecule is O=C(CCCc1ccc2c(c1)CC(=O)N2)NCC(c1cccc(F)c1)N1CCOCC1. The van der Waals surface area contributed by atoms with Crippen LogP contribution in [0.15, 0.2) is 42.5 Å². The summed E-state index contributed by atoms with van der Waals surface area (Å²) >= 11 is 0. The van der Waals surface area contributed by atoms with Gasteiger partial charge in [-0.3, -0.25) is 14.5 Å². The van der Waals surface area contributed by atoms with Crippen LogP contribution in [0.25, 0.3) is 0 Å². The molecule has 1 saturated heterocycles. The number of hydrogen-bond donors (Lipinski definition) is 2. The molecular weight excluding hydrogens is 397 g/mol. The fourth-order valence-corrected chi connectivity index (χ4v) is 4.25. The first kappa shape index (κ1) is 21.5. The van der Waals surface area contributed by atoms with Gasteiger partial charge in [-0.15, -0.1) is 0 Å². The van der Waals surface area contributed by atoms with Crippen LogP contribution in [0.2, 0.25) is 0 Å². The average molecular weight is 426 g/mol. The van der Waals surface area contributed by atoms with E-state index in [2.05, 4.69) is 15.5 Å². The van der Waals surface area contributed by atoms with Gasteiger partial charge in [-0.1, -0.05) is 24.3 Å². The monoisotopic (exact) mass is 425 g/mol. The van der Waals surface area contributed by atoms with Crippen molar-refractivity contribution in [2.75, 3.05) is 38.2 Å². The third-order valence-electron chi connectivity index (χ3n) is 5.88. The lowest BCUT2D eigenvalue weighted by Crippen LogP contribution is -2.43. The maximum Gasteiger partial charge on any atom is 0.228 e. The zero-order valence-electron chi connectivity index (χ0n) is 17.5. The second-order valence-electron chi connectivity index (χ2n) is 8.09. The summed E-state index contributed by atoms with van der Waals surface area (Å²) in [6.45, 7) is 3.23. The number of morpholine rings is 1. The molecule has 1 atom stereocenters. The Bertz CT molecular complexity index is 943. The van der Waals surface area contributed by atoms with Gasteiger partial charge in [-0.25, -0.2) is 4.39 Å². The van der Waals surface area contributed by atoms with E-state index in [1.54, 1.807) is 12.1 Å². The van der Waals surface area contributed by atoms with Crippen LogP contribution in [0.3, 0.4) is 0 Å². The number of ether oxygens (including phenoxy) is 1. The molecular formula is C24H28FN3O3. The topological polar surface area (TPSA) is 70.7 Å². The second kappa shape index (κ2) is 10.0. The summed E-state index contributed by atoms with van der Waals surface area (Å²) in [5.74, 6) is -0.249. The number of rotatable bonds is 8. The van der Waals surface area contributed by atoms with E-state index in [0.29, 0.717) is 32.6 Å². The first-order valence-corrected chi connectivity index (χ1v) is 10.8. The molecule has 6 nitrogen and oxygen atoms in total. The van der Waals surface area contributed by atoms with E-state index < -0.39 is 0 Å². The molecule has 0 aromatic heterocycles. The zero-order valence-corrected chi connectivity index (χ0v) is 17.5. The van der Waals surface area contributed by atoms with E-state index in [4.69, 9.17) is 4.74 Å². The Kier molecular flexibility index (Phi) is 6.94. The molecule has 1 unspecified atom stereocenters. The Hall–Kier alpha value is -2.77. The number of hydrogen-bond acceptors (Lipinski definition) is 4. The van der Waals surface area contributed by atoms with Crippen LogP contribution in [0.1, 0.15) is 35.6 Å². The fourth-order valence-electron chi connectivity index (χ4n) is 4.25. The normalized spacial score (nSPS) is 17.1. The largest absolute Gasteiger partial charge is 0.379 e. The first-order valence-electron chi connectivity index (χ1n) is 10.8. The van der Waals surface area contributed by atoms with Crippen LogP contribution in [0.4, 0.5) is 10.1 Å². The molecule has 2 aliphatic rings. The standard InChI is InChI=1S/C24H28FN3O3/c25-20-5-2-4-18(14-20)22(28-9-11-31-12-10-28)16-26-23(29)6-1-3-17-7-8-21-19(13-17)15-24(30)27-21/h2,4-5,7-8,13-14,22H,1,3,6,9-12,15-16H2,(H,26,29)(H,27,30). The summed E-state index contributed by atoms with van der Waals surface area (Å²) in [5, 5.41) is 5.87. The Morgan fingerprint density at radius 3 is 2.84 bits per heavy atom. The van der Waals surface area contributed by atoms with Crippen molar-refractivity contribution in [1.29, 1.82) is 0 Å². The van der Waals surface area contributed by atoms with E-state index in [1.165, 1.54) is 6.07 Å². The quantitative estimate of drug-likeness (QED) is 0.682. The molecule has 4 rings (SSSR count). The lowest BCUT2D eigenvalue weighted by atomic mass is 10.0. The maximum absolute atomic E-state index is 13.8. The molecule has 0 bridgehead atoms. The number of halogens is 1. The number of nitrogens with one attached hydrogen (secondary N) is 2. The summed E-state index contributed by atoms with van der Waals surface area (Å²) in [6.07, 6.45) is 2.36. The summed E-state index contributed by atoms with van der Waals surface area (Å²) in [5.41, 5.74) is 3.91. The van der Waals surface area contributed by atoms with E-state index in [1.807, 2.05) is 24.3 Å². The minimum Gasteiger partial charge on any atom is -0.379 e. The first-order chi connectivity index (χ1) is 15.1. The molecule has 2 heterocycles. The molecule has 7 heteroatoms. The Morgan fingerprint density at radius 1 is 1.19 bits per heavy atom. The number of amides is 2. The average Bonchev–Trinajstić information content (AvgIpc) is 3.14. The van der Waals surface area contributed by atoms with E-state index in [9.17, 15) is 14.0 Å². The van der Waals surface area contributed by atoms with Crippen LogP contribution < -0.4 is 10.6 Å². The van der Waals surface area contributed by atoms with Gasteiger partial charge < -0.3 is 15.4 Å². The molecule has 164 valence electrons. The van der Waals surface area contributed by atoms with Gasteiger partial charge in [-0.2, -0.15) is 0 Å². The minimum atomic E-state index is -0.270. The molecule has 2 amide bonds. The highest BCUT2D eigenvalue weighted by molar-refractivity contribution is 5.99. The molecule has 0 aliphatic carbocycles. The van der Waals surface area contributed by atoms with E-state index >= 15 is 0 Å². The van der Waals surface area contributed by atoms with Gasteiger partial charge in [0.05, 0.1) is 25.7 Å². The number of aryl methyl sites for hydroxylation is 1. The predicted molar refractivity (Wildman–Crippen MR) is 116 cm³/mol. The summed E-state index contributed by atoms with van der Waals surface area (Å²) in [6, 6.07) is 12.5. The highest BCUT2D eigenvalue weighted by atomic mass is 19.1. The van der Waals surface area contributed by atoms with Crippen LogP contribution in [-0.2, 0) is 27.2 Å². The lowest BCUT2D eigenvalue weighted by Gasteiger charge is -2.35. The summed E-state index contributed by atoms with van der Waals surface area (Å²) in [4.78, 5) is 26.2. The summed E-state index contributed by atoms with van der Waals surface area (Å²) < 4.78 is 19.2. The van der Waals surface area contributed by atoms with Crippen molar-refractivity contribution in [3.8, 4) is 0 Å². The minimum absolute atomic E-state index is 0.00679. The maximum atomic E-state index is 13.8. The van der Waals surface area contributed by atoms with Gasteiger partial charge in [0.1, 0.15) is 5.82 Å². The van der Waals surface area contributed by atoms with E-state index in [0.717, 1.165) is 48.3 Å². The molecule has 0 spiro atoms. The molecule has 1 fully saturated rings.